The van der Waals surface area contributed by atoms with Crippen molar-refractivity contribution in [1.29, 1.82) is 0 Å². The Morgan fingerprint density at radius 2 is 0.837 bits per heavy atom. The third-order valence-electron chi connectivity index (χ3n) is 8.08. The van der Waals surface area contributed by atoms with Crippen LogP contribution in [0.2, 0.25) is 0 Å². The summed E-state index contributed by atoms with van der Waals surface area (Å²) < 4.78 is 5.43. The molecule has 0 aliphatic carbocycles. The van der Waals surface area contributed by atoms with Crippen LogP contribution < -0.4 is 0 Å². The molecule has 0 aromatic heterocycles. The smallest absolute Gasteiger partial charge is 0.305 e. The summed E-state index contributed by atoms with van der Waals surface area (Å²) in [4.78, 5) is 22.4. The summed E-state index contributed by atoms with van der Waals surface area (Å²) in [5.74, 6) is -0.671. The van der Waals surface area contributed by atoms with Gasteiger partial charge in [0.15, 0.2) is 0 Å². The highest BCUT2D eigenvalue weighted by Gasteiger charge is 2.02. The van der Waals surface area contributed by atoms with Crippen molar-refractivity contribution >= 4 is 11.9 Å². The highest BCUT2D eigenvalue weighted by atomic mass is 16.5. The molecule has 0 bridgehead atoms. The van der Waals surface area contributed by atoms with Gasteiger partial charge in [-0.2, -0.15) is 0 Å². The summed E-state index contributed by atoms with van der Waals surface area (Å²) in [6, 6.07) is 0. The van der Waals surface area contributed by atoms with Crippen LogP contribution in [0.5, 0.6) is 0 Å². The highest BCUT2D eigenvalue weighted by molar-refractivity contribution is 5.69. The maximum absolute atomic E-state index is 11.9. The van der Waals surface area contributed by atoms with Gasteiger partial charge in [-0.05, 0) is 51.4 Å². The van der Waals surface area contributed by atoms with Gasteiger partial charge in [0, 0.05) is 12.8 Å². The van der Waals surface area contributed by atoms with Gasteiger partial charge in [0.05, 0.1) is 6.61 Å². The van der Waals surface area contributed by atoms with E-state index in [0.717, 1.165) is 57.8 Å². The van der Waals surface area contributed by atoms with Gasteiger partial charge in [-0.15, -0.1) is 0 Å². The Hall–Kier alpha value is -1.84. The number of hydrogen-bond acceptors (Lipinski definition) is 3. The molecule has 4 heteroatoms. The van der Waals surface area contributed by atoms with Crippen LogP contribution in [0.25, 0.3) is 0 Å². The lowest BCUT2D eigenvalue weighted by molar-refractivity contribution is -0.144. The van der Waals surface area contributed by atoms with Gasteiger partial charge < -0.3 is 9.84 Å². The molecule has 4 nitrogen and oxygen atoms in total. The van der Waals surface area contributed by atoms with Gasteiger partial charge in [-0.3, -0.25) is 9.59 Å². The van der Waals surface area contributed by atoms with Crippen molar-refractivity contribution < 1.29 is 19.4 Å². The second-order valence-corrected chi connectivity index (χ2v) is 12.3. The predicted molar refractivity (Wildman–Crippen MR) is 186 cm³/mol. The van der Waals surface area contributed by atoms with Gasteiger partial charge in [0.25, 0.3) is 0 Å². The summed E-state index contributed by atoms with van der Waals surface area (Å²) in [7, 11) is 0. The monoisotopic (exact) mass is 603 g/mol. The maximum atomic E-state index is 11.9. The van der Waals surface area contributed by atoms with Crippen molar-refractivity contribution in [3.63, 3.8) is 0 Å². The predicted octanol–water partition coefficient (Wildman–Crippen LogP) is 12.6. The molecule has 0 heterocycles. The summed E-state index contributed by atoms with van der Waals surface area (Å²) >= 11 is 0. The lowest BCUT2D eigenvalue weighted by atomic mass is 10.0. The molecule has 0 aliphatic heterocycles. The van der Waals surface area contributed by atoms with Crippen LogP contribution in [0.1, 0.15) is 193 Å². The van der Waals surface area contributed by atoms with Crippen molar-refractivity contribution in [2.45, 2.75) is 193 Å². The molecule has 0 saturated carbocycles. The number of unbranched alkanes of at least 4 members (excludes halogenated alkanes) is 22. The number of carboxylic acid groups (broad SMARTS) is 1. The molecular formula is C39H70O4. The Morgan fingerprint density at radius 1 is 0.465 bits per heavy atom. The van der Waals surface area contributed by atoms with E-state index in [2.05, 4.69) is 43.4 Å². The van der Waals surface area contributed by atoms with Crippen LogP contribution in [-0.4, -0.2) is 23.7 Å². The summed E-state index contributed by atoms with van der Waals surface area (Å²) in [6.45, 7) is 2.76. The Bertz CT molecular complexity index is 679. The minimum atomic E-state index is -0.663. The van der Waals surface area contributed by atoms with Crippen molar-refractivity contribution in [2.24, 2.45) is 0 Å². The zero-order valence-corrected chi connectivity index (χ0v) is 28.3. The molecule has 0 aliphatic rings. The Labute approximate surface area is 267 Å². The average Bonchev–Trinajstić information content (AvgIpc) is 2.99. The Morgan fingerprint density at radius 3 is 1.30 bits per heavy atom. The van der Waals surface area contributed by atoms with Gasteiger partial charge in [-0.25, -0.2) is 0 Å². The molecule has 0 aromatic carbocycles. The standard InChI is InChI=1S/C39H70O4/c1-2-3-4-5-6-7-8-9-14-18-21-24-27-30-33-36-39(42)43-37-34-31-28-25-22-19-16-13-11-10-12-15-17-20-23-26-29-32-35-38(40)41/h3-4,6-7,9,14H,2,5,8,10-13,15-37H2,1H3,(H,40,41)/b4-3-,7-6-,14-9-. The van der Waals surface area contributed by atoms with E-state index in [0.29, 0.717) is 19.4 Å². The van der Waals surface area contributed by atoms with E-state index in [1.807, 2.05) is 0 Å². The van der Waals surface area contributed by atoms with Gasteiger partial charge in [0.1, 0.15) is 0 Å². The second-order valence-electron chi connectivity index (χ2n) is 12.3. The Kier molecular flexibility index (Phi) is 34.8. The molecule has 43 heavy (non-hydrogen) atoms. The van der Waals surface area contributed by atoms with Crippen LogP contribution in [0, 0.1) is 0 Å². The van der Waals surface area contributed by atoms with Crippen LogP contribution in [-0.2, 0) is 14.3 Å². The Balaban J connectivity index is 3.22. The van der Waals surface area contributed by atoms with Crippen molar-refractivity contribution in [3.8, 4) is 0 Å². The first-order valence-corrected chi connectivity index (χ1v) is 18.5. The average molecular weight is 603 g/mol. The van der Waals surface area contributed by atoms with Gasteiger partial charge in [-0.1, -0.05) is 165 Å². The fourth-order valence-electron chi connectivity index (χ4n) is 5.35. The summed E-state index contributed by atoms with van der Waals surface area (Å²) in [5.41, 5.74) is 0. The first-order chi connectivity index (χ1) is 21.2. The van der Waals surface area contributed by atoms with Gasteiger partial charge in [0.2, 0.25) is 0 Å². The number of carbonyl (C=O) groups is 2. The van der Waals surface area contributed by atoms with E-state index in [-0.39, 0.29) is 5.97 Å². The fraction of sp³-hybridized carbons (Fsp3) is 0.795. The van der Waals surface area contributed by atoms with Crippen LogP contribution in [0.15, 0.2) is 36.5 Å². The molecule has 0 radical (unpaired) electrons. The van der Waals surface area contributed by atoms with E-state index >= 15 is 0 Å². The van der Waals surface area contributed by atoms with Crippen LogP contribution in [0.4, 0.5) is 0 Å². The molecule has 1 N–H and O–H groups in total. The minimum Gasteiger partial charge on any atom is -0.481 e. The molecule has 0 atom stereocenters. The minimum absolute atomic E-state index is 0.00821. The third kappa shape index (κ3) is 38.1. The quantitative estimate of drug-likeness (QED) is 0.0452. The number of carbonyl (C=O) groups excluding carboxylic acids is 1. The lowest BCUT2D eigenvalue weighted by Crippen LogP contribution is -2.05. The van der Waals surface area contributed by atoms with E-state index < -0.39 is 5.97 Å². The number of hydrogen-bond donors (Lipinski definition) is 1. The highest BCUT2D eigenvalue weighted by Crippen LogP contribution is 2.15. The summed E-state index contributed by atoms with van der Waals surface area (Å²) in [6.07, 6.45) is 47.3. The van der Waals surface area contributed by atoms with E-state index in [9.17, 15) is 9.59 Å². The molecule has 0 saturated heterocycles. The number of esters is 1. The molecule has 0 aromatic rings. The molecule has 0 amide bonds. The number of ether oxygens (including phenoxy) is 1. The maximum Gasteiger partial charge on any atom is 0.305 e. The number of rotatable bonds is 34. The molecule has 0 fully saturated rings. The zero-order chi connectivity index (χ0) is 31.3. The summed E-state index contributed by atoms with van der Waals surface area (Å²) in [5, 5.41) is 8.63. The van der Waals surface area contributed by atoms with Crippen molar-refractivity contribution in [3.05, 3.63) is 36.5 Å². The normalized spacial score (nSPS) is 11.8. The molecular weight excluding hydrogens is 532 g/mol. The first kappa shape index (κ1) is 41.2. The van der Waals surface area contributed by atoms with Gasteiger partial charge >= 0.3 is 11.9 Å². The second kappa shape index (κ2) is 36.4. The molecule has 0 rings (SSSR count). The lowest BCUT2D eigenvalue weighted by Gasteiger charge is -2.05. The fourth-order valence-corrected chi connectivity index (χ4v) is 5.35. The molecule has 0 spiro atoms. The van der Waals surface area contributed by atoms with Crippen molar-refractivity contribution in [1.82, 2.24) is 0 Å². The van der Waals surface area contributed by atoms with E-state index in [1.54, 1.807) is 0 Å². The largest absolute Gasteiger partial charge is 0.481 e. The zero-order valence-electron chi connectivity index (χ0n) is 28.3. The number of carboxylic acids is 1. The first-order valence-electron chi connectivity index (χ1n) is 18.5. The third-order valence-corrected chi connectivity index (χ3v) is 8.08. The number of aliphatic carboxylic acids is 1. The topological polar surface area (TPSA) is 63.6 Å². The number of allylic oxidation sites excluding steroid dienone is 6. The van der Waals surface area contributed by atoms with Crippen LogP contribution in [0.3, 0.4) is 0 Å². The SMILES string of the molecule is CC/C=C\C/C=C\C/C=C\CCCCCCCC(=O)OCCCCCCCCCCCCCCCCCCCCC(=O)O. The molecule has 250 valence electrons. The van der Waals surface area contributed by atoms with Crippen LogP contribution >= 0.6 is 0 Å². The molecule has 0 unspecified atom stereocenters. The van der Waals surface area contributed by atoms with Crippen molar-refractivity contribution in [2.75, 3.05) is 6.61 Å². The van der Waals surface area contributed by atoms with E-state index in [1.165, 1.54) is 116 Å². The van der Waals surface area contributed by atoms with E-state index in [4.69, 9.17) is 9.84 Å².